The van der Waals surface area contributed by atoms with Crippen LogP contribution in [0, 0.1) is 0 Å². The highest BCUT2D eigenvalue weighted by Crippen LogP contribution is 2.22. The summed E-state index contributed by atoms with van der Waals surface area (Å²) < 4.78 is 10.2. The van der Waals surface area contributed by atoms with E-state index in [4.69, 9.17) is 4.74 Å². The normalized spacial score (nSPS) is 10.4. The lowest BCUT2D eigenvalue weighted by molar-refractivity contribution is -0.128. The van der Waals surface area contributed by atoms with Gasteiger partial charge in [0.2, 0.25) is 0 Å². The highest BCUT2D eigenvalue weighted by molar-refractivity contribution is 5.84. The van der Waals surface area contributed by atoms with Gasteiger partial charge in [0, 0.05) is 0 Å². The average molecular weight is 258 g/mol. The van der Waals surface area contributed by atoms with E-state index in [0.717, 1.165) is 18.6 Å². The monoisotopic (exact) mass is 258 g/mol. The Morgan fingerprint density at radius 1 is 1.11 bits per heavy atom. The van der Waals surface area contributed by atoms with Crippen LogP contribution < -0.4 is 4.74 Å². The predicted molar refractivity (Wildman–Crippen MR) is 75.5 cm³/mol. The van der Waals surface area contributed by atoms with Gasteiger partial charge in [0.05, 0.1) is 13.2 Å². The zero-order chi connectivity index (χ0) is 13.5. The van der Waals surface area contributed by atoms with Gasteiger partial charge >= 0.3 is 0 Å². The molecule has 0 N–H and O–H groups in total. The quantitative estimate of drug-likeness (QED) is 0.564. The second-order valence-corrected chi connectivity index (χ2v) is 4.35. The van der Waals surface area contributed by atoms with E-state index in [-0.39, 0.29) is 0 Å². The van der Waals surface area contributed by atoms with Crippen LogP contribution in [-0.4, -0.2) is 19.7 Å². The Balaban J connectivity index is 2.08. The van der Waals surface area contributed by atoms with Gasteiger partial charge in [-0.2, -0.15) is 0 Å². The lowest BCUT2D eigenvalue weighted by Gasteiger charge is -2.07. The van der Waals surface area contributed by atoms with Crippen molar-refractivity contribution in [2.45, 2.75) is 19.8 Å². The molecule has 0 heterocycles. The summed E-state index contributed by atoms with van der Waals surface area (Å²) in [5, 5.41) is 2.39. The van der Waals surface area contributed by atoms with Gasteiger partial charge in [-0.3, -0.25) is 4.79 Å². The van der Waals surface area contributed by atoms with Crippen molar-refractivity contribution < 1.29 is 14.3 Å². The van der Waals surface area contributed by atoms with Crippen molar-refractivity contribution in [2.75, 3.05) is 13.2 Å². The largest absolute Gasteiger partial charge is 0.494 e. The fourth-order valence-corrected chi connectivity index (χ4v) is 2.09. The first-order valence-electron chi connectivity index (χ1n) is 6.54. The summed E-state index contributed by atoms with van der Waals surface area (Å²) in [6.07, 6.45) is 1.76. The molecule has 2 aromatic carbocycles. The highest BCUT2D eigenvalue weighted by Gasteiger charge is 1.99. The van der Waals surface area contributed by atoms with E-state index in [1.165, 1.54) is 16.3 Å². The molecular formula is C16H18O3. The standard InChI is InChI=1S/C16H18O3/c1-2-19-16-8-7-14-10-13(4-3-9-18-12-17)5-6-15(14)11-16/h5-8,10-12H,2-4,9H2,1H3. The summed E-state index contributed by atoms with van der Waals surface area (Å²) in [7, 11) is 0. The number of fused-ring (bicyclic) bond motifs is 1. The second-order valence-electron chi connectivity index (χ2n) is 4.35. The molecule has 0 aromatic heterocycles. The Morgan fingerprint density at radius 2 is 1.89 bits per heavy atom. The lowest BCUT2D eigenvalue weighted by Crippen LogP contribution is -1.95. The number of hydrogen-bond acceptors (Lipinski definition) is 3. The number of benzene rings is 2. The maximum Gasteiger partial charge on any atom is 0.293 e. The number of aryl methyl sites for hydroxylation is 1. The number of hydrogen-bond donors (Lipinski definition) is 0. The topological polar surface area (TPSA) is 35.5 Å². The molecule has 0 spiro atoms. The van der Waals surface area contributed by atoms with Crippen LogP contribution >= 0.6 is 0 Å². The maximum absolute atomic E-state index is 10.0. The molecule has 100 valence electrons. The minimum atomic E-state index is 0.477. The van der Waals surface area contributed by atoms with Gasteiger partial charge in [0.25, 0.3) is 6.47 Å². The van der Waals surface area contributed by atoms with Crippen LogP contribution in [-0.2, 0) is 16.0 Å². The third kappa shape index (κ3) is 3.71. The van der Waals surface area contributed by atoms with Crippen LogP contribution in [0.2, 0.25) is 0 Å². The summed E-state index contributed by atoms with van der Waals surface area (Å²) in [5.74, 6) is 0.905. The fraction of sp³-hybridized carbons (Fsp3) is 0.312. The Hall–Kier alpha value is -2.03. The van der Waals surface area contributed by atoms with Gasteiger partial charge in [-0.05, 0) is 48.2 Å². The Labute approximate surface area is 113 Å². The van der Waals surface area contributed by atoms with Gasteiger partial charge in [0.1, 0.15) is 5.75 Å². The molecule has 0 aliphatic carbocycles. The van der Waals surface area contributed by atoms with E-state index in [1.807, 2.05) is 13.0 Å². The smallest absolute Gasteiger partial charge is 0.293 e. The van der Waals surface area contributed by atoms with Crippen molar-refractivity contribution in [3.05, 3.63) is 42.0 Å². The fourth-order valence-electron chi connectivity index (χ4n) is 2.09. The van der Waals surface area contributed by atoms with Gasteiger partial charge in [0.15, 0.2) is 0 Å². The van der Waals surface area contributed by atoms with Gasteiger partial charge in [-0.25, -0.2) is 0 Å². The van der Waals surface area contributed by atoms with Crippen molar-refractivity contribution in [3.63, 3.8) is 0 Å². The summed E-state index contributed by atoms with van der Waals surface area (Å²) in [4.78, 5) is 10.0. The first-order valence-corrected chi connectivity index (χ1v) is 6.54. The molecule has 0 bridgehead atoms. The molecule has 19 heavy (non-hydrogen) atoms. The van der Waals surface area contributed by atoms with Gasteiger partial charge < -0.3 is 9.47 Å². The average Bonchev–Trinajstić information content (AvgIpc) is 2.44. The first kappa shape index (κ1) is 13.4. The number of carbonyl (C=O) groups excluding carboxylic acids is 1. The van der Waals surface area contributed by atoms with E-state index in [2.05, 4.69) is 35.1 Å². The molecule has 0 unspecified atom stereocenters. The van der Waals surface area contributed by atoms with Gasteiger partial charge in [-0.1, -0.05) is 24.3 Å². The van der Waals surface area contributed by atoms with Crippen molar-refractivity contribution in [2.24, 2.45) is 0 Å². The van der Waals surface area contributed by atoms with Crippen molar-refractivity contribution in [1.82, 2.24) is 0 Å². The molecule has 2 rings (SSSR count). The number of carbonyl (C=O) groups is 1. The van der Waals surface area contributed by atoms with E-state index < -0.39 is 0 Å². The minimum Gasteiger partial charge on any atom is -0.494 e. The van der Waals surface area contributed by atoms with Crippen LogP contribution in [0.1, 0.15) is 18.9 Å². The van der Waals surface area contributed by atoms with E-state index in [1.54, 1.807) is 0 Å². The van der Waals surface area contributed by atoms with Crippen molar-refractivity contribution in [1.29, 1.82) is 0 Å². The van der Waals surface area contributed by atoms with Crippen LogP contribution in [0.25, 0.3) is 10.8 Å². The molecule has 2 aromatic rings. The molecule has 0 saturated heterocycles. The van der Waals surface area contributed by atoms with E-state index in [9.17, 15) is 4.79 Å². The van der Waals surface area contributed by atoms with Crippen LogP contribution in [0.15, 0.2) is 36.4 Å². The predicted octanol–water partition coefficient (Wildman–Crippen LogP) is 3.34. The number of rotatable bonds is 7. The summed E-state index contributed by atoms with van der Waals surface area (Å²) in [6, 6.07) is 12.5. The van der Waals surface area contributed by atoms with E-state index in [0.29, 0.717) is 19.7 Å². The zero-order valence-corrected chi connectivity index (χ0v) is 11.1. The summed E-state index contributed by atoms with van der Waals surface area (Å²) >= 11 is 0. The third-order valence-electron chi connectivity index (χ3n) is 2.98. The molecule has 0 amide bonds. The molecular weight excluding hydrogens is 240 g/mol. The minimum absolute atomic E-state index is 0.477. The van der Waals surface area contributed by atoms with Crippen molar-refractivity contribution in [3.8, 4) is 5.75 Å². The molecule has 0 atom stereocenters. The maximum atomic E-state index is 10.0. The Kier molecular flexibility index (Phi) is 4.78. The molecule has 0 fully saturated rings. The summed E-state index contributed by atoms with van der Waals surface area (Å²) in [5.41, 5.74) is 1.26. The molecule has 0 saturated carbocycles. The second kappa shape index (κ2) is 6.78. The molecule has 0 radical (unpaired) electrons. The van der Waals surface area contributed by atoms with Crippen LogP contribution in [0.3, 0.4) is 0 Å². The van der Waals surface area contributed by atoms with Crippen molar-refractivity contribution >= 4 is 17.2 Å². The molecule has 3 nitrogen and oxygen atoms in total. The molecule has 0 aliphatic rings. The number of ether oxygens (including phenoxy) is 2. The Morgan fingerprint density at radius 3 is 2.68 bits per heavy atom. The summed E-state index contributed by atoms with van der Waals surface area (Å²) in [6.45, 7) is 3.63. The first-order chi connectivity index (χ1) is 9.33. The molecule has 0 aliphatic heterocycles. The zero-order valence-electron chi connectivity index (χ0n) is 11.1. The highest BCUT2D eigenvalue weighted by atomic mass is 16.5. The third-order valence-corrected chi connectivity index (χ3v) is 2.98. The van der Waals surface area contributed by atoms with Crippen LogP contribution in [0.5, 0.6) is 5.75 Å². The van der Waals surface area contributed by atoms with Gasteiger partial charge in [-0.15, -0.1) is 0 Å². The van der Waals surface area contributed by atoms with Crippen LogP contribution in [0.4, 0.5) is 0 Å². The Bertz CT molecular complexity index is 549. The SMILES string of the molecule is CCOc1ccc2cc(CCCOC=O)ccc2c1. The molecule has 3 heteroatoms. The lowest BCUT2D eigenvalue weighted by atomic mass is 10.0. The van der Waals surface area contributed by atoms with E-state index >= 15 is 0 Å².